The predicted octanol–water partition coefficient (Wildman–Crippen LogP) is 3.71. The van der Waals surface area contributed by atoms with Crippen molar-refractivity contribution in [2.75, 3.05) is 20.2 Å². The number of benzene rings is 2. The van der Waals surface area contributed by atoms with E-state index in [0.717, 1.165) is 34.1 Å². The molecule has 2 aromatic carbocycles. The summed E-state index contributed by atoms with van der Waals surface area (Å²) in [5.41, 5.74) is 2.71. The number of hydrogen-bond acceptors (Lipinski definition) is 6. The van der Waals surface area contributed by atoms with Crippen LogP contribution in [-0.4, -0.2) is 42.3 Å². The maximum Gasteiger partial charge on any atom is 0.226 e. The van der Waals surface area contributed by atoms with Crippen LogP contribution < -0.4 is 14.2 Å². The van der Waals surface area contributed by atoms with Gasteiger partial charge in [0.15, 0.2) is 17.6 Å². The van der Waals surface area contributed by atoms with Gasteiger partial charge in [0.25, 0.3) is 0 Å². The monoisotopic (exact) mass is 422 g/mol. The Balaban J connectivity index is 1.27. The molecule has 1 aliphatic heterocycles. The summed E-state index contributed by atoms with van der Waals surface area (Å²) in [6.07, 6.45) is 0.120. The van der Waals surface area contributed by atoms with Crippen LogP contribution in [0.4, 0.5) is 0 Å². The predicted molar refractivity (Wildman–Crippen MR) is 114 cm³/mol. The Morgan fingerprint density at radius 1 is 1.13 bits per heavy atom. The van der Waals surface area contributed by atoms with E-state index in [1.165, 1.54) is 0 Å². The number of ether oxygens (including phenoxy) is 3. The molecule has 0 spiro atoms. The highest BCUT2D eigenvalue weighted by Crippen LogP contribution is 2.31. The van der Waals surface area contributed by atoms with E-state index in [1.54, 1.807) is 11.9 Å². The van der Waals surface area contributed by atoms with Crippen LogP contribution in [0.1, 0.15) is 22.6 Å². The van der Waals surface area contributed by atoms with Crippen LogP contribution in [0.15, 0.2) is 53.1 Å². The molecule has 1 aromatic heterocycles. The third-order valence-electron chi connectivity index (χ3n) is 5.31. The van der Waals surface area contributed by atoms with Gasteiger partial charge in [-0.1, -0.05) is 29.4 Å². The first-order valence-corrected chi connectivity index (χ1v) is 10.3. The summed E-state index contributed by atoms with van der Waals surface area (Å²) >= 11 is 0. The number of aryl methyl sites for hydroxylation is 2. The molecule has 1 atom stereocenters. The van der Waals surface area contributed by atoms with Crippen molar-refractivity contribution in [2.45, 2.75) is 33.0 Å². The molecule has 7 heteroatoms. The second-order valence-corrected chi connectivity index (χ2v) is 7.68. The lowest BCUT2D eigenvalue weighted by Gasteiger charge is -2.29. The number of fused-ring (bicyclic) bond motifs is 1. The molecule has 1 amide bonds. The zero-order chi connectivity index (χ0) is 21.8. The van der Waals surface area contributed by atoms with E-state index >= 15 is 0 Å². The molecule has 2 heterocycles. The molecule has 3 aromatic rings. The Morgan fingerprint density at radius 2 is 1.87 bits per heavy atom. The fraction of sp³-hybridized carbons (Fsp3) is 0.333. The van der Waals surface area contributed by atoms with Gasteiger partial charge in [-0.3, -0.25) is 4.79 Å². The summed E-state index contributed by atoms with van der Waals surface area (Å²) in [7, 11) is 1.79. The SMILES string of the molecule is Cc1noc(C)c1COc1ccc(CC(=O)N(C)CC2COc3ccccc3O2)cc1. The molecule has 0 fully saturated rings. The lowest BCUT2D eigenvalue weighted by molar-refractivity contribution is -0.130. The highest BCUT2D eigenvalue weighted by Gasteiger charge is 2.23. The Morgan fingerprint density at radius 3 is 2.58 bits per heavy atom. The summed E-state index contributed by atoms with van der Waals surface area (Å²) < 4.78 is 22.6. The number of para-hydroxylation sites is 2. The van der Waals surface area contributed by atoms with Gasteiger partial charge < -0.3 is 23.6 Å². The smallest absolute Gasteiger partial charge is 0.226 e. The summed E-state index contributed by atoms with van der Waals surface area (Å²) in [4.78, 5) is 14.3. The van der Waals surface area contributed by atoms with Crippen molar-refractivity contribution in [3.63, 3.8) is 0 Å². The third-order valence-corrected chi connectivity index (χ3v) is 5.31. The molecular formula is C24H26N2O5. The van der Waals surface area contributed by atoms with E-state index < -0.39 is 0 Å². The first kappa shape index (κ1) is 20.8. The Bertz CT molecular complexity index is 1020. The Labute approximate surface area is 181 Å². The molecule has 162 valence electrons. The molecule has 1 aliphatic rings. The molecule has 0 N–H and O–H groups in total. The van der Waals surface area contributed by atoms with Crippen molar-refractivity contribution < 1.29 is 23.5 Å². The first-order valence-electron chi connectivity index (χ1n) is 10.3. The van der Waals surface area contributed by atoms with E-state index in [0.29, 0.717) is 31.9 Å². The number of likely N-dealkylation sites (N-methyl/N-ethyl adjacent to an activating group) is 1. The zero-order valence-corrected chi connectivity index (χ0v) is 18.0. The second kappa shape index (κ2) is 9.12. The minimum Gasteiger partial charge on any atom is -0.489 e. The number of carbonyl (C=O) groups excluding carboxylic acids is 1. The molecule has 0 saturated carbocycles. The molecule has 0 saturated heterocycles. The van der Waals surface area contributed by atoms with Crippen LogP contribution >= 0.6 is 0 Å². The highest BCUT2D eigenvalue weighted by molar-refractivity contribution is 5.78. The van der Waals surface area contributed by atoms with Gasteiger partial charge >= 0.3 is 0 Å². The standard InChI is InChI=1S/C24H26N2O5/c1-16-21(17(2)31-25-16)15-28-19-10-8-18(9-11-19)12-24(27)26(3)13-20-14-29-22-6-4-5-7-23(22)30-20/h4-11,20H,12-15H2,1-3H3. The fourth-order valence-corrected chi connectivity index (χ4v) is 3.44. The largest absolute Gasteiger partial charge is 0.489 e. The molecule has 0 bridgehead atoms. The maximum absolute atomic E-state index is 12.7. The average Bonchev–Trinajstić information content (AvgIpc) is 3.10. The molecule has 31 heavy (non-hydrogen) atoms. The normalized spacial score (nSPS) is 14.9. The Kier molecular flexibility index (Phi) is 6.11. The second-order valence-electron chi connectivity index (χ2n) is 7.68. The van der Waals surface area contributed by atoms with Gasteiger partial charge in [0, 0.05) is 7.05 Å². The molecule has 0 aliphatic carbocycles. The number of amides is 1. The van der Waals surface area contributed by atoms with E-state index in [2.05, 4.69) is 5.16 Å². The van der Waals surface area contributed by atoms with Crippen molar-refractivity contribution in [1.29, 1.82) is 0 Å². The molecule has 1 unspecified atom stereocenters. The molecular weight excluding hydrogens is 396 g/mol. The van der Waals surface area contributed by atoms with Crippen LogP contribution in [-0.2, 0) is 17.8 Å². The van der Waals surface area contributed by atoms with Crippen LogP contribution in [0.2, 0.25) is 0 Å². The van der Waals surface area contributed by atoms with Crippen LogP contribution in [0.5, 0.6) is 17.2 Å². The topological polar surface area (TPSA) is 74.0 Å². The third kappa shape index (κ3) is 4.99. The van der Waals surface area contributed by atoms with Gasteiger partial charge in [0.05, 0.1) is 24.2 Å². The quantitative estimate of drug-likeness (QED) is 0.578. The summed E-state index contributed by atoms with van der Waals surface area (Å²) in [5, 5.41) is 3.93. The number of carbonyl (C=O) groups is 1. The van der Waals surface area contributed by atoms with E-state index in [1.807, 2.05) is 62.4 Å². The van der Waals surface area contributed by atoms with Crippen molar-refractivity contribution in [3.8, 4) is 17.2 Å². The van der Waals surface area contributed by atoms with Crippen molar-refractivity contribution in [2.24, 2.45) is 0 Å². The lowest BCUT2D eigenvalue weighted by atomic mass is 10.1. The molecule has 7 nitrogen and oxygen atoms in total. The average molecular weight is 422 g/mol. The van der Waals surface area contributed by atoms with Crippen molar-refractivity contribution in [3.05, 3.63) is 71.1 Å². The van der Waals surface area contributed by atoms with Gasteiger partial charge in [-0.25, -0.2) is 0 Å². The van der Waals surface area contributed by atoms with Crippen LogP contribution in [0, 0.1) is 13.8 Å². The highest BCUT2D eigenvalue weighted by atomic mass is 16.6. The number of nitrogens with zero attached hydrogens (tertiary/aromatic N) is 2. The summed E-state index contributed by atoms with van der Waals surface area (Å²) in [6.45, 7) is 5.04. The summed E-state index contributed by atoms with van der Waals surface area (Å²) in [6, 6.07) is 15.1. The minimum atomic E-state index is -0.191. The first-order chi connectivity index (χ1) is 15.0. The zero-order valence-electron chi connectivity index (χ0n) is 18.0. The van der Waals surface area contributed by atoms with Gasteiger partial charge in [-0.15, -0.1) is 0 Å². The van der Waals surface area contributed by atoms with Gasteiger partial charge in [0.1, 0.15) is 24.7 Å². The van der Waals surface area contributed by atoms with E-state index in [-0.39, 0.29) is 12.0 Å². The fourth-order valence-electron chi connectivity index (χ4n) is 3.44. The van der Waals surface area contributed by atoms with E-state index in [4.69, 9.17) is 18.7 Å². The number of aromatic nitrogens is 1. The minimum absolute atomic E-state index is 0.0202. The van der Waals surface area contributed by atoms with E-state index in [9.17, 15) is 4.79 Å². The van der Waals surface area contributed by atoms with Gasteiger partial charge in [-0.05, 0) is 43.7 Å². The summed E-state index contributed by atoms with van der Waals surface area (Å²) in [5.74, 6) is 2.97. The van der Waals surface area contributed by atoms with Crippen molar-refractivity contribution >= 4 is 5.91 Å². The van der Waals surface area contributed by atoms with Crippen molar-refractivity contribution in [1.82, 2.24) is 10.1 Å². The maximum atomic E-state index is 12.7. The van der Waals surface area contributed by atoms with Gasteiger partial charge in [-0.2, -0.15) is 0 Å². The number of hydrogen-bond donors (Lipinski definition) is 0. The van der Waals surface area contributed by atoms with Gasteiger partial charge in [0.2, 0.25) is 5.91 Å². The number of rotatable bonds is 7. The molecule has 0 radical (unpaired) electrons. The van der Waals surface area contributed by atoms with Crippen LogP contribution in [0.3, 0.4) is 0 Å². The molecule has 4 rings (SSSR count). The Hall–Kier alpha value is -3.48. The van der Waals surface area contributed by atoms with Crippen LogP contribution in [0.25, 0.3) is 0 Å². The lowest BCUT2D eigenvalue weighted by Crippen LogP contribution is -2.42.